The molecule has 1 aromatic rings. The van der Waals surface area contributed by atoms with Gasteiger partial charge in [0, 0.05) is 11.5 Å². The molecule has 3 aliphatic rings. The molecule has 3 fully saturated rings. The molecule has 4 nitrogen and oxygen atoms in total. The lowest BCUT2D eigenvalue weighted by atomic mass is 9.76. The Morgan fingerprint density at radius 1 is 0.970 bits per heavy atom. The van der Waals surface area contributed by atoms with E-state index in [2.05, 4.69) is 6.92 Å². The molecule has 4 rings (SSSR count). The van der Waals surface area contributed by atoms with Crippen LogP contribution in [0.2, 0.25) is 0 Å². The maximum Gasteiger partial charge on any atom is 0.184 e. The van der Waals surface area contributed by atoms with Gasteiger partial charge in [-0.2, -0.15) is 0 Å². The molecule has 0 N–H and O–H groups in total. The van der Waals surface area contributed by atoms with Crippen molar-refractivity contribution in [1.29, 1.82) is 0 Å². The van der Waals surface area contributed by atoms with Gasteiger partial charge in [-0.1, -0.05) is 45.6 Å². The Morgan fingerprint density at radius 2 is 1.70 bits per heavy atom. The van der Waals surface area contributed by atoms with E-state index < -0.39 is 17.8 Å². The Bertz CT molecular complexity index is 734. The van der Waals surface area contributed by atoms with Gasteiger partial charge in [-0.05, 0) is 56.1 Å². The Balaban J connectivity index is 1.21. The summed E-state index contributed by atoms with van der Waals surface area (Å²) in [6.45, 7) is 5.29. The monoisotopic (exact) mass is 466 g/mol. The van der Waals surface area contributed by atoms with Crippen molar-refractivity contribution in [2.45, 2.75) is 89.7 Å². The molecule has 2 unspecified atom stereocenters. The van der Waals surface area contributed by atoms with Crippen molar-refractivity contribution in [2.24, 2.45) is 17.8 Å². The summed E-state index contributed by atoms with van der Waals surface area (Å²) in [6, 6.07) is 4.71. The maximum absolute atomic E-state index is 14.7. The van der Waals surface area contributed by atoms with Crippen LogP contribution in [0.15, 0.2) is 18.2 Å². The normalized spacial score (nSPS) is 35.3. The van der Waals surface area contributed by atoms with E-state index in [9.17, 15) is 8.78 Å². The SMILES string of the molecule is CCCC1(F)COC(c2ccc(OCC3CCC(C4CCC(CC)CC4)OC3)c(F)c2)OC1. The third-order valence-corrected chi connectivity index (χ3v) is 7.79. The maximum atomic E-state index is 14.7. The van der Waals surface area contributed by atoms with Crippen LogP contribution in [0.4, 0.5) is 8.78 Å². The summed E-state index contributed by atoms with van der Waals surface area (Å²) in [7, 11) is 0. The molecule has 33 heavy (non-hydrogen) atoms. The van der Waals surface area contributed by atoms with Crippen LogP contribution in [-0.2, 0) is 14.2 Å². The molecular formula is C27H40F2O4. The average molecular weight is 467 g/mol. The van der Waals surface area contributed by atoms with Crippen LogP contribution in [0.1, 0.15) is 83.5 Å². The highest BCUT2D eigenvalue weighted by Crippen LogP contribution is 2.37. The van der Waals surface area contributed by atoms with E-state index in [0.29, 0.717) is 37.2 Å². The molecule has 0 amide bonds. The summed E-state index contributed by atoms with van der Waals surface area (Å²) in [4.78, 5) is 0. The average Bonchev–Trinajstić information content (AvgIpc) is 2.84. The summed E-state index contributed by atoms with van der Waals surface area (Å²) in [5.41, 5.74) is -0.914. The molecule has 2 atom stereocenters. The second kappa shape index (κ2) is 11.5. The number of hydrogen-bond donors (Lipinski definition) is 0. The molecule has 186 valence electrons. The minimum atomic E-state index is -1.46. The van der Waals surface area contributed by atoms with E-state index in [1.54, 1.807) is 12.1 Å². The lowest BCUT2D eigenvalue weighted by molar-refractivity contribution is -0.239. The van der Waals surface area contributed by atoms with Gasteiger partial charge in [-0.25, -0.2) is 8.78 Å². The zero-order valence-electron chi connectivity index (χ0n) is 20.2. The van der Waals surface area contributed by atoms with Gasteiger partial charge in [-0.3, -0.25) is 0 Å². The highest BCUT2D eigenvalue weighted by Gasteiger charge is 2.37. The van der Waals surface area contributed by atoms with E-state index in [4.69, 9.17) is 18.9 Å². The van der Waals surface area contributed by atoms with Crippen LogP contribution >= 0.6 is 0 Å². The minimum Gasteiger partial charge on any atom is -0.490 e. The highest BCUT2D eigenvalue weighted by molar-refractivity contribution is 5.30. The third-order valence-electron chi connectivity index (χ3n) is 7.79. The van der Waals surface area contributed by atoms with Gasteiger partial charge in [-0.15, -0.1) is 0 Å². The number of halogens is 2. The second-order valence-corrected chi connectivity index (χ2v) is 10.4. The van der Waals surface area contributed by atoms with Crippen LogP contribution in [-0.4, -0.2) is 38.2 Å². The fourth-order valence-corrected chi connectivity index (χ4v) is 5.61. The van der Waals surface area contributed by atoms with E-state index in [1.807, 2.05) is 6.92 Å². The largest absolute Gasteiger partial charge is 0.490 e. The van der Waals surface area contributed by atoms with Gasteiger partial charge in [0.1, 0.15) is 0 Å². The number of ether oxygens (including phenoxy) is 4. The topological polar surface area (TPSA) is 36.9 Å². The van der Waals surface area contributed by atoms with Crippen molar-refractivity contribution in [3.63, 3.8) is 0 Å². The third kappa shape index (κ3) is 6.46. The van der Waals surface area contributed by atoms with Crippen molar-refractivity contribution >= 4 is 0 Å². The lowest BCUT2D eigenvalue weighted by Gasteiger charge is -2.37. The summed E-state index contributed by atoms with van der Waals surface area (Å²) in [5.74, 6) is 1.66. The van der Waals surface area contributed by atoms with Gasteiger partial charge in [0.05, 0.1) is 32.5 Å². The Morgan fingerprint density at radius 3 is 2.30 bits per heavy atom. The molecule has 2 heterocycles. The summed E-state index contributed by atoms with van der Waals surface area (Å²) in [6.07, 6.45) is 9.45. The Kier molecular flexibility index (Phi) is 8.64. The molecule has 1 aromatic carbocycles. The molecule has 2 aliphatic heterocycles. The zero-order chi connectivity index (χ0) is 23.3. The molecule has 0 aromatic heterocycles. The first-order valence-electron chi connectivity index (χ1n) is 13.0. The minimum absolute atomic E-state index is 0.0336. The van der Waals surface area contributed by atoms with Gasteiger partial charge in [0.15, 0.2) is 23.5 Å². The molecule has 0 spiro atoms. The van der Waals surface area contributed by atoms with Crippen molar-refractivity contribution in [3.8, 4) is 5.75 Å². The molecule has 1 aliphatic carbocycles. The number of hydrogen-bond acceptors (Lipinski definition) is 4. The van der Waals surface area contributed by atoms with Crippen LogP contribution in [0.25, 0.3) is 0 Å². The molecule has 0 radical (unpaired) electrons. The summed E-state index contributed by atoms with van der Waals surface area (Å²) >= 11 is 0. The van der Waals surface area contributed by atoms with Crippen molar-refractivity contribution < 1.29 is 27.7 Å². The lowest BCUT2D eigenvalue weighted by Crippen LogP contribution is -2.41. The smallest absolute Gasteiger partial charge is 0.184 e. The predicted molar refractivity (Wildman–Crippen MR) is 123 cm³/mol. The fraction of sp³-hybridized carbons (Fsp3) is 0.778. The summed E-state index contributed by atoms with van der Waals surface area (Å²) in [5, 5.41) is 0. The Hall–Kier alpha value is -1.24. The van der Waals surface area contributed by atoms with Gasteiger partial charge in [0.25, 0.3) is 0 Å². The van der Waals surface area contributed by atoms with E-state index in [0.717, 1.165) is 25.2 Å². The molecular weight excluding hydrogens is 426 g/mol. The first-order valence-corrected chi connectivity index (χ1v) is 13.0. The second-order valence-electron chi connectivity index (χ2n) is 10.4. The first kappa shape index (κ1) is 24.9. The molecule has 1 saturated carbocycles. The predicted octanol–water partition coefficient (Wildman–Crippen LogP) is 6.77. The van der Waals surface area contributed by atoms with Crippen LogP contribution < -0.4 is 4.74 Å². The van der Waals surface area contributed by atoms with Crippen LogP contribution in [0.3, 0.4) is 0 Å². The fourth-order valence-electron chi connectivity index (χ4n) is 5.61. The van der Waals surface area contributed by atoms with E-state index in [1.165, 1.54) is 38.2 Å². The molecule has 6 heteroatoms. The standard InChI is InChI=1S/C27H40F2O4/c1-3-13-27(29)17-32-26(33-18-27)22-10-12-25(23(28)14-22)31-16-20-7-11-24(30-15-20)21-8-5-19(4-2)6-9-21/h10,12,14,19-21,24,26H,3-9,11,13,15-18H2,1-2H3. The molecule has 2 saturated heterocycles. The van der Waals surface area contributed by atoms with Gasteiger partial charge >= 0.3 is 0 Å². The molecule has 0 bridgehead atoms. The number of rotatable bonds is 8. The number of benzene rings is 1. The van der Waals surface area contributed by atoms with Crippen molar-refractivity contribution in [2.75, 3.05) is 26.4 Å². The Labute approximate surface area is 197 Å². The number of alkyl halides is 1. The van der Waals surface area contributed by atoms with E-state index >= 15 is 0 Å². The highest BCUT2D eigenvalue weighted by atomic mass is 19.1. The van der Waals surface area contributed by atoms with Crippen LogP contribution in [0, 0.1) is 23.6 Å². The van der Waals surface area contributed by atoms with Gasteiger partial charge < -0.3 is 18.9 Å². The zero-order valence-corrected chi connectivity index (χ0v) is 20.2. The van der Waals surface area contributed by atoms with Gasteiger partial charge in [0.2, 0.25) is 0 Å². The first-order chi connectivity index (χ1) is 16.0. The van der Waals surface area contributed by atoms with Crippen molar-refractivity contribution in [3.05, 3.63) is 29.6 Å². The quantitative estimate of drug-likeness (QED) is 0.424. The van der Waals surface area contributed by atoms with E-state index in [-0.39, 0.29) is 24.9 Å². The van der Waals surface area contributed by atoms with Crippen LogP contribution in [0.5, 0.6) is 5.75 Å². The van der Waals surface area contributed by atoms with Crippen molar-refractivity contribution in [1.82, 2.24) is 0 Å². The summed E-state index contributed by atoms with van der Waals surface area (Å²) < 4.78 is 52.2.